The van der Waals surface area contributed by atoms with Gasteiger partial charge < -0.3 is 21.7 Å². The SMILES string of the molecule is CN[C@@H](C=C(C)C)C(=O)N[C@@H](CCCNC(N)=O)C(C)=O. The normalized spacial score (nSPS) is 13.0. The average Bonchev–Trinajstić information content (AvgIpc) is 2.38. The maximum Gasteiger partial charge on any atom is 0.312 e. The number of rotatable bonds is 9. The number of urea groups is 1. The first-order valence-electron chi connectivity index (χ1n) is 6.94. The van der Waals surface area contributed by atoms with E-state index in [4.69, 9.17) is 5.73 Å². The summed E-state index contributed by atoms with van der Waals surface area (Å²) >= 11 is 0. The van der Waals surface area contributed by atoms with Crippen molar-refractivity contribution < 1.29 is 14.4 Å². The summed E-state index contributed by atoms with van der Waals surface area (Å²) in [4.78, 5) is 34.2. The highest BCUT2D eigenvalue weighted by Gasteiger charge is 2.20. The van der Waals surface area contributed by atoms with Gasteiger partial charge >= 0.3 is 6.03 Å². The number of primary amides is 1. The Labute approximate surface area is 125 Å². The van der Waals surface area contributed by atoms with E-state index in [1.165, 1.54) is 6.92 Å². The highest BCUT2D eigenvalue weighted by Crippen LogP contribution is 2.01. The van der Waals surface area contributed by atoms with Crippen molar-refractivity contribution in [2.24, 2.45) is 5.73 Å². The molecule has 0 spiro atoms. The van der Waals surface area contributed by atoms with Crippen molar-refractivity contribution in [2.45, 2.75) is 45.7 Å². The molecule has 7 heteroatoms. The van der Waals surface area contributed by atoms with Crippen LogP contribution in [0, 0.1) is 0 Å². The number of nitrogens with two attached hydrogens (primary N) is 1. The molecule has 0 unspecified atom stereocenters. The summed E-state index contributed by atoms with van der Waals surface area (Å²) in [6, 6.07) is -1.63. The van der Waals surface area contributed by atoms with Crippen molar-refractivity contribution >= 4 is 17.7 Å². The molecule has 0 aromatic heterocycles. The van der Waals surface area contributed by atoms with E-state index in [-0.39, 0.29) is 11.7 Å². The summed E-state index contributed by atoms with van der Waals surface area (Å²) in [5.74, 6) is -0.365. The molecule has 0 fully saturated rings. The molecular weight excluding hydrogens is 272 g/mol. The van der Waals surface area contributed by atoms with Crippen LogP contribution in [0.25, 0.3) is 0 Å². The lowest BCUT2D eigenvalue weighted by Crippen LogP contribution is -2.48. The zero-order valence-electron chi connectivity index (χ0n) is 13.2. The van der Waals surface area contributed by atoms with Crippen LogP contribution in [0.5, 0.6) is 0 Å². The molecule has 0 heterocycles. The summed E-state index contributed by atoms with van der Waals surface area (Å²) in [7, 11) is 1.68. The minimum absolute atomic E-state index is 0.116. The molecule has 5 N–H and O–H groups in total. The number of hydrogen-bond donors (Lipinski definition) is 4. The van der Waals surface area contributed by atoms with Gasteiger partial charge in [0.15, 0.2) is 5.78 Å². The number of nitrogens with one attached hydrogen (secondary N) is 3. The molecule has 2 atom stereocenters. The Bertz CT molecular complexity index is 403. The molecule has 0 rings (SSSR count). The monoisotopic (exact) mass is 298 g/mol. The highest BCUT2D eigenvalue weighted by atomic mass is 16.2. The Morgan fingerprint density at radius 2 is 1.81 bits per heavy atom. The number of allylic oxidation sites excluding steroid dienone is 1. The zero-order valence-corrected chi connectivity index (χ0v) is 13.2. The fraction of sp³-hybridized carbons (Fsp3) is 0.643. The molecule has 21 heavy (non-hydrogen) atoms. The number of amides is 3. The van der Waals surface area contributed by atoms with Gasteiger partial charge in [-0.05, 0) is 40.7 Å². The fourth-order valence-electron chi connectivity index (χ4n) is 1.78. The van der Waals surface area contributed by atoms with Crippen molar-refractivity contribution in [3.63, 3.8) is 0 Å². The molecular formula is C14H26N4O3. The van der Waals surface area contributed by atoms with Gasteiger partial charge in [-0.3, -0.25) is 9.59 Å². The van der Waals surface area contributed by atoms with Crippen LogP contribution in [-0.2, 0) is 9.59 Å². The lowest BCUT2D eigenvalue weighted by Gasteiger charge is -2.19. The van der Waals surface area contributed by atoms with Gasteiger partial charge in [0.05, 0.1) is 6.04 Å². The van der Waals surface area contributed by atoms with E-state index in [1.54, 1.807) is 13.1 Å². The van der Waals surface area contributed by atoms with Gasteiger partial charge in [0.25, 0.3) is 0 Å². The smallest absolute Gasteiger partial charge is 0.312 e. The topological polar surface area (TPSA) is 113 Å². The summed E-state index contributed by atoms with van der Waals surface area (Å²) in [6.45, 7) is 5.60. The molecule has 7 nitrogen and oxygen atoms in total. The second-order valence-corrected chi connectivity index (χ2v) is 5.12. The van der Waals surface area contributed by atoms with E-state index >= 15 is 0 Å². The highest BCUT2D eigenvalue weighted by molar-refractivity contribution is 5.90. The fourth-order valence-corrected chi connectivity index (χ4v) is 1.78. The largest absolute Gasteiger partial charge is 0.352 e. The summed E-state index contributed by atoms with van der Waals surface area (Å²) in [6.07, 6.45) is 2.80. The van der Waals surface area contributed by atoms with Crippen LogP contribution in [0.4, 0.5) is 4.79 Å². The predicted molar refractivity (Wildman–Crippen MR) is 81.7 cm³/mol. The molecule has 0 saturated heterocycles. The quantitative estimate of drug-likeness (QED) is 0.356. The van der Waals surface area contributed by atoms with Gasteiger partial charge in [-0.1, -0.05) is 11.6 Å². The van der Waals surface area contributed by atoms with Crippen LogP contribution >= 0.6 is 0 Å². The van der Waals surface area contributed by atoms with E-state index in [2.05, 4.69) is 16.0 Å². The Balaban J connectivity index is 4.48. The molecule has 0 radical (unpaired) electrons. The van der Waals surface area contributed by atoms with Gasteiger partial charge in [0, 0.05) is 6.54 Å². The van der Waals surface area contributed by atoms with Gasteiger partial charge in [-0.25, -0.2) is 4.79 Å². The van der Waals surface area contributed by atoms with Crippen molar-refractivity contribution in [3.05, 3.63) is 11.6 Å². The van der Waals surface area contributed by atoms with Crippen molar-refractivity contribution in [1.29, 1.82) is 0 Å². The van der Waals surface area contributed by atoms with Gasteiger partial charge in [-0.2, -0.15) is 0 Å². The molecule has 0 aliphatic carbocycles. The first-order chi connectivity index (χ1) is 9.77. The van der Waals surface area contributed by atoms with Crippen LogP contribution in [0.2, 0.25) is 0 Å². The number of likely N-dealkylation sites (N-methyl/N-ethyl adjacent to an activating group) is 1. The average molecular weight is 298 g/mol. The third kappa shape index (κ3) is 8.80. The summed E-state index contributed by atoms with van der Waals surface area (Å²) in [5.41, 5.74) is 5.96. The first-order valence-corrected chi connectivity index (χ1v) is 6.94. The maximum atomic E-state index is 12.1. The molecule has 0 aliphatic heterocycles. The number of hydrogen-bond acceptors (Lipinski definition) is 4. The van der Waals surface area contributed by atoms with Crippen LogP contribution in [0.1, 0.15) is 33.6 Å². The Kier molecular flexibility index (Phi) is 9.03. The van der Waals surface area contributed by atoms with E-state index in [0.717, 1.165) is 5.57 Å². The minimum Gasteiger partial charge on any atom is -0.352 e. The first kappa shape index (κ1) is 19.1. The summed E-state index contributed by atoms with van der Waals surface area (Å²) in [5, 5.41) is 8.05. The van der Waals surface area contributed by atoms with E-state index < -0.39 is 18.1 Å². The van der Waals surface area contributed by atoms with Crippen LogP contribution in [0.15, 0.2) is 11.6 Å². The molecule has 0 aromatic carbocycles. The van der Waals surface area contributed by atoms with Crippen LogP contribution < -0.4 is 21.7 Å². The van der Waals surface area contributed by atoms with Crippen LogP contribution in [0.3, 0.4) is 0 Å². The minimum atomic E-state index is -0.600. The summed E-state index contributed by atoms with van der Waals surface area (Å²) < 4.78 is 0. The second kappa shape index (κ2) is 9.93. The number of carbonyl (C=O) groups is 3. The van der Waals surface area contributed by atoms with Gasteiger partial charge in [-0.15, -0.1) is 0 Å². The van der Waals surface area contributed by atoms with Gasteiger partial charge in [0.1, 0.15) is 6.04 Å². The molecule has 120 valence electrons. The Morgan fingerprint density at radius 1 is 1.19 bits per heavy atom. The third-order valence-corrected chi connectivity index (χ3v) is 2.87. The molecule has 0 aromatic rings. The maximum absolute atomic E-state index is 12.1. The number of carbonyl (C=O) groups excluding carboxylic acids is 3. The standard InChI is InChI=1S/C14H26N4O3/c1-9(2)8-12(16-4)13(20)18-11(10(3)19)6-5-7-17-14(15)21/h8,11-12,16H,5-7H2,1-4H3,(H,18,20)(H3,15,17,21)/t11-,12-/m0/s1. The molecule has 0 bridgehead atoms. The van der Waals surface area contributed by atoms with E-state index in [9.17, 15) is 14.4 Å². The molecule has 0 saturated carbocycles. The van der Waals surface area contributed by atoms with Crippen molar-refractivity contribution in [1.82, 2.24) is 16.0 Å². The number of ketones is 1. The van der Waals surface area contributed by atoms with Gasteiger partial charge in [0.2, 0.25) is 5.91 Å². The number of Topliss-reactive ketones (excluding diaryl/α,β-unsaturated/α-hetero) is 1. The lowest BCUT2D eigenvalue weighted by molar-refractivity contribution is -0.127. The van der Waals surface area contributed by atoms with Crippen molar-refractivity contribution in [2.75, 3.05) is 13.6 Å². The molecule has 3 amide bonds. The second-order valence-electron chi connectivity index (χ2n) is 5.12. The van der Waals surface area contributed by atoms with Crippen molar-refractivity contribution in [3.8, 4) is 0 Å². The Morgan fingerprint density at radius 3 is 2.24 bits per heavy atom. The molecule has 0 aliphatic rings. The van der Waals surface area contributed by atoms with Crippen LogP contribution in [-0.4, -0.2) is 43.4 Å². The van der Waals surface area contributed by atoms with E-state index in [0.29, 0.717) is 19.4 Å². The van der Waals surface area contributed by atoms with E-state index in [1.807, 2.05) is 13.8 Å². The zero-order chi connectivity index (χ0) is 16.4. The third-order valence-electron chi connectivity index (χ3n) is 2.87. The Hall–Kier alpha value is -1.89. The lowest BCUT2D eigenvalue weighted by atomic mass is 10.1. The predicted octanol–water partition coefficient (Wildman–Crippen LogP) is 0.0629.